The van der Waals surface area contributed by atoms with Gasteiger partial charge in [0, 0.05) is 23.5 Å². The summed E-state index contributed by atoms with van der Waals surface area (Å²) in [6, 6.07) is 15.6. The first-order chi connectivity index (χ1) is 16.7. The fourth-order valence-electron chi connectivity index (χ4n) is 4.50. The van der Waals surface area contributed by atoms with Crippen LogP contribution in [-0.4, -0.2) is 41.2 Å². The Morgan fingerprint density at radius 2 is 1.74 bits per heavy atom. The Labute approximate surface area is 214 Å². The van der Waals surface area contributed by atoms with Crippen molar-refractivity contribution < 1.29 is 14.4 Å². The maximum Gasteiger partial charge on any atom is 0.259 e. The van der Waals surface area contributed by atoms with E-state index in [0.717, 1.165) is 16.3 Å². The van der Waals surface area contributed by atoms with Gasteiger partial charge in [-0.3, -0.25) is 19.3 Å². The smallest absolute Gasteiger partial charge is 0.259 e. The highest BCUT2D eigenvalue weighted by Crippen LogP contribution is 2.37. The highest BCUT2D eigenvalue weighted by Gasteiger charge is 2.35. The maximum absolute atomic E-state index is 13.8. The van der Waals surface area contributed by atoms with Crippen molar-refractivity contribution in [3.05, 3.63) is 75.8 Å². The molecule has 1 unspecified atom stereocenters. The van der Waals surface area contributed by atoms with E-state index in [0.29, 0.717) is 27.7 Å². The number of anilines is 1. The average Bonchev–Trinajstić information content (AvgIpc) is 3.08. The zero-order valence-corrected chi connectivity index (χ0v) is 21.4. The molecule has 3 aromatic carbocycles. The normalized spacial score (nSPS) is 13.4. The van der Waals surface area contributed by atoms with Crippen LogP contribution in [0.5, 0.6) is 0 Å². The minimum atomic E-state index is -0.713. The van der Waals surface area contributed by atoms with E-state index in [9.17, 15) is 14.4 Å². The number of halogens is 2. The Balaban J connectivity index is 1.67. The summed E-state index contributed by atoms with van der Waals surface area (Å²) >= 11 is 12.3. The molecule has 182 valence electrons. The Morgan fingerprint density at radius 1 is 1.03 bits per heavy atom. The molecule has 1 N–H and O–H groups in total. The highest BCUT2D eigenvalue weighted by atomic mass is 35.5. The molecule has 0 radical (unpaired) electrons. The van der Waals surface area contributed by atoms with Gasteiger partial charge >= 0.3 is 0 Å². The van der Waals surface area contributed by atoms with Crippen LogP contribution >= 0.6 is 23.2 Å². The number of rotatable bonds is 8. The van der Waals surface area contributed by atoms with E-state index in [1.54, 1.807) is 24.3 Å². The SMILES string of the molecule is CCC(C(=O)NC(C)C)N(Cc1ccc(Cl)c(Cl)c1)C(=O)CN1C(=O)c2cccc3cccc1c23. The van der Waals surface area contributed by atoms with Crippen molar-refractivity contribution in [3.8, 4) is 0 Å². The topological polar surface area (TPSA) is 69.7 Å². The van der Waals surface area contributed by atoms with Gasteiger partial charge in [0.2, 0.25) is 11.8 Å². The van der Waals surface area contributed by atoms with E-state index in [-0.39, 0.29) is 36.9 Å². The molecule has 0 saturated heterocycles. The van der Waals surface area contributed by atoms with E-state index in [4.69, 9.17) is 23.2 Å². The van der Waals surface area contributed by atoms with Crippen molar-refractivity contribution in [2.75, 3.05) is 11.4 Å². The van der Waals surface area contributed by atoms with Gasteiger partial charge in [-0.15, -0.1) is 0 Å². The molecule has 35 heavy (non-hydrogen) atoms. The molecule has 1 aliphatic heterocycles. The Kier molecular flexibility index (Phi) is 7.33. The summed E-state index contributed by atoms with van der Waals surface area (Å²) in [6.07, 6.45) is 0.412. The van der Waals surface area contributed by atoms with Crippen molar-refractivity contribution in [2.24, 2.45) is 0 Å². The molecule has 6 nitrogen and oxygen atoms in total. The van der Waals surface area contributed by atoms with E-state index < -0.39 is 6.04 Å². The van der Waals surface area contributed by atoms with Crippen LogP contribution < -0.4 is 10.2 Å². The summed E-state index contributed by atoms with van der Waals surface area (Å²) in [6.45, 7) is 5.57. The average molecular weight is 512 g/mol. The molecule has 0 bridgehead atoms. The van der Waals surface area contributed by atoms with Gasteiger partial charge in [-0.05, 0) is 55.5 Å². The third-order valence-corrected chi connectivity index (χ3v) is 6.84. The lowest BCUT2D eigenvalue weighted by Gasteiger charge is -2.32. The summed E-state index contributed by atoms with van der Waals surface area (Å²) in [7, 11) is 0. The second kappa shape index (κ2) is 10.3. The summed E-state index contributed by atoms with van der Waals surface area (Å²) in [5.74, 6) is -0.798. The molecule has 1 heterocycles. The first-order valence-corrected chi connectivity index (χ1v) is 12.3. The summed E-state index contributed by atoms with van der Waals surface area (Å²) in [4.78, 5) is 43.1. The van der Waals surface area contributed by atoms with Gasteiger partial charge in [0.05, 0.1) is 15.7 Å². The molecular formula is C27H27Cl2N3O3. The molecular weight excluding hydrogens is 485 g/mol. The van der Waals surface area contributed by atoms with Gasteiger partial charge in [0.25, 0.3) is 5.91 Å². The van der Waals surface area contributed by atoms with Crippen molar-refractivity contribution in [2.45, 2.75) is 45.8 Å². The largest absolute Gasteiger partial charge is 0.352 e. The Morgan fingerprint density at radius 3 is 2.40 bits per heavy atom. The fraction of sp³-hybridized carbons (Fsp3) is 0.296. The standard InChI is InChI=1S/C27H27Cl2N3O3/c1-4-22(26(34)30-16(2)3)31(14-17-11-12-20(28)21(29)13-17)24(33)15-32-23-10-6-8-18-7-5-9-19(25(18)23)27(32)35/h5-13,16,22H,4,14-15H2,1-3H3,(H,30,34). The van der Waals surface area contributed by atoms with Crippen molar-refractivity contribution in [1.29, 1.82) is 0 Å². The lowest BCUT2D eigenvalue weighted by Crippen LogP contribution is -2.53. The van der Waals surface area contributed by atoms with Gasteiger partial charge in [0.15, 0.2) is 0 Å². The quantitative estimate of drug-likeness (QED) is 0.437. The number of nitrogens with one attached hydrogen (secondary N) is 1. The van der Waals surface area contributed by atoms with Crippen molar-refractivity contribution >= 4 is 57.4 Å². The van der Waals surface area contributed by atoms with E-state index in [1.165, 1.54) is 9.80 Å². The number of hydrogen-bond donors (Lipinski definition) is 1. The van der Waals surface area contributed by atoms with Gasteiger partial charge in [-0.1, -0.05) is 60.5 Å². The molecule has 1 atom stereocenters. The van der Waals surface area contributed by atoms with Crippen LogP contribution in [0.25, 0.3) is 10.8 Å². The van der Waals surface area contributed by atoms with Gasteiger partial charge in [-0.25, -0.2) is 0 Å². The first-order valence-electron chi connectivity index (χ1n) is 11.6. The number of hydrogen-bond acceptors (Lipinski definition) is 3. The second-order valence-electron chi connectivity index (χ2n) is 8.93. The summed E-state index contributed by atoms with van der Waals surface area (Å²) in [5, 5.41) is 5.47. The van der Waals surface area contributed by atoms with Crippen LogP contribution in [0.15, 0.2) is 54.6 Å². The highest BCUT2D eigenvalue weighted by molar-refractivity contribution is 6.42. The fourth-order valence-corrected chi connectivity index (χ4v) is 4.82. The van der Waals surface area contributed by atoms with E-state index >= 15 is 0 Å². The zero-order valence-electron chi connectivity index (χ0n) is 19.8. The lowest BCUT2D eigenvalue weighted by molar-refractivity contribution is -0.140. The molecule has 0 aromatic heterocycles. The van der Waals surface area contributed by atoms with Gasteiger partial charge in [-0.2, -0.15) is 0 Å². The molecule has 0 saturated carbocycles. The molecule has 3 amide bonds. The molecule has 0 fully saturated rings. The number of carbonyl (C=O) groups is 3. The number of benzene rings is 3. The molecule has 4 rings (SSSR count). The van der Waals surface area contributed by atoms with Gasteiger partial charge in [0.1, 0.15) is 12.6 Å². The van der Waals surface area contributed by atoms with Crippen LogP contribution in [0.1, 0.15) is 43.1 Å². The van der Waals surface area contributed by atoms with Gasteiger partial charge < -0.3 is 10.2 Å². The Bertz CT molecular complexity index is 1300. The van der Waals surface area contributed by atoms with Crippen molar-refractivity contribution in [3.63, 3.8) is 0 Å². The van der Waals surface area contributed by atoms with Crippen LogP contribution in [0, 0.1) is 0 Å². The second-order valence-corrected chi connectivity index (χ2v) is 9.74. The minimum Gasteiger partial charge on any atom is -0.352 e. The zero-order chi connectivity index (χ0) is 25.3. The molecule has 0 spiro atoms. The van der Waals surface area contributed by atoms with E-state index in [2.05, 4.69) is 5.32 Å². The minimum absolute atomic E-state index is 0.0780. The number of nitrogens with zero attached hydrogens (tertiary/aromatic N) is 2. The summed E-state index contributed by atoms with van der Waals surface area (Å²) in [5.41, 5.74) is 2.01. The predicted octanol–water partition coefficient (Wildman–Crippen LogP) is 5.44. The number of amides is 3. The summed E-state index contributed by atoms with van der Waals surface area (Å²) < 4.78 is 0. The third-order valence-electron chi connectivity index (χ3n) is 6.10. The molecule has 8 heteroatoms. The van der Waals surface area contributed by atoms with E-state index in [1.807, 2.05) is 51.1 Å². The Hall–Kier alpha value is -3.09. The first kappa shape index (κ1) is 25.0. The maximum atomic E-state index is 13.8. The number of carbonyl (C=O) groups excluding carboxylic acids is 3. The monoisotopic (exact) mass is 511 g/mol. The van der Waals surface area contributed by atoms with Crippen LogP contribution in [0.2, 0.25) is 10.0 Å². The van der Waals surface area contributed by atoms with Crippen LogP contribution in [-0.2, 0) is 16.1 Å². The van der Waals surface area contributed by atoms with Crippen molar-refractivity contribution in [1.82, 2.24) is 10.2 Å². The predicted molar refractivity (Wildman–Crippen MR) is 140 cm³/mol. The van der Waals surface area contributed by atoms with Crippen LogP contribution in [0.3, 0.4) is 0 Å². The molecule has 0 aliphatic carbocycles. The third kappa shape index (κ3) is 5.00. The lowest BCUT2D eigenvalue weighted by atomic mass is 10.1. The molecule has 3 aromatic rings. The van der Waals surface area contributed by atoms with Crippen LogP contribution in [0.4, 0.5) is 5.69 Å². The molecule has 1 aliphatic rings.